The lowest BCUT2D eigenvalue weighted by Crippen LogP contribution is -2.29. The highest BCUT2D eigenvalue weighted by atomic mass is 19.2. The van der Waals surface area contributed by atoms with E-state index in [0.717, 1.165) is 49.9 Å². The van der Waals surface area contributed by atoms with Gasteiger partial charge in [0.15, 0.2) is 6.17 Å². The second-order valence-electron chi connectivity index (χ2n) is 10.5. The van der Waals surface area contributed by atoms with E-state index < -0.39 is 12.3 Å². The van der Waals surface area contributed by atoms with E-state index in [1.807, 2.05) is 0 Å². The SMILES string of the molecule is CCCCCC1CCC(CCC2CCC(OC[C@H](F)[C@@H](F)CCCCC)CC2)CC1. The standard InChI is InChI=1S/C27H50F2O/c1-3-5-7-9-22-11-13-23(14-12-22)15-16-24-17-19-25(20-18-24)30-21-27(29)26(28)10-8-6-4-2/h22-27H,3-21H2,1-2H3/t22?,23?,24?,25?,26-,27-/m0/s1. The maximum absolute atomic E-state index is 14.0. The zero-order chi connectivity index (χ0) is 21.6. The molecule has 178 valence electrons. The first-order chi connectivity index (χ1) is 14.6. The van der Waals surface area contributed by atoms with Crippen molar-refractivity contribution in [3.63, 3.8) is 0 Å². The van der Waals surface area contributed by atoms with Crippen molar-refractivity contribution in [3.8, 4) is 0 Å². The van der Waals surface area contributed by atoms with Crippen molar-refractivity contribution in [2.45, 2.75) is 148 Å². The maximum Gasteiger partial charge on any atom is 0.154 e. The third kappa shape index (κ3) is 10.4. The van der Waals surface area contributed by atoms with E-state index in [1.54, 1.807) is 0 Å². The summed E-state index contributed by atoms with van der Waals surface area (Å²) in [6.45, 7) is 4.33. The van der Waals surface area contributed by atoms with Crippen LogP contribution in [0.15, 0.2) is 0 Å². The number of hydrogen-bond acceptors (Lipinski definition) is 1. The van der Waals surface area contributed by atoms with Crippen molar-refractivity contribution in [2.24, 2.45) is 17.8 Å². The molecule has 0 unspecified atom stereocenters. The Morgan fingerprint density at radius 2 is 1.13 bits per heavy atom. The topological polar surface area (TPSA) is 9.23 Å². The number of rotatable bonds is 15. The minimum Gasteiger partial charge on any atom is -0.375 e. The lowest BCUT2D eigenvalue weighted by molar-refractivity contribution is -0.0273. The molecule has 0 aromatic carbocycles. The molecule has 2 rings (SSSR count). The molecule has 2 atom stereocenters. The molecule has 0 radical (unpaired) electrons. The first-order valence-corrected chi connectivity index (χ1v) is 13.5. The Balaban J connectivity index is 1.50. The molecule has 30 heavy (non-hydrogen) atoms. The van der Waals surface area contributed by atoms with Crippen LogP contribution in [0, 0.1) is 17.8 Å². The summed E-state index contributed by atoms with van der Waals surface area (Å²) in [4.78, 5) is 0. The van der Waals surface area contributed by atoms with E-state index in [-0.39, 0.29) is 12.7 Å². The molecule has 2 aliphatic rings. The van der Waals surface area contributed by atoms with Crippen LogP contribution >= 0.6 is 0 Å². The first kappa shape index (κ1) is 26.1. The summed E-state index contributed by atoms with van der Waals surface area (Å²) in [7, 11) is 0. The van der Waals surface area contributed by atoms with Gasteiger partial charge in [0, 0.05) is 0 Å². The quantitative estimate of drug-likeness (QED) is 0.236. The van der Waals surface area contributed by atoms with Gasteiger partial charge in [-0.25, -0.2) is 8.78 Å². The fourth-order valence-corrected chi connectivity index (χ4v) is 5.65. The van der Waals surface area contributed by atoms with Crippen molar-refractivity contribution in [1.82, 2.24) is 0 Å². The van der Waals surface area contributed by atoms with Gasteiger partial charge in [-0.05, 0) is 49.9 Å². The first-order valence-electron chi connectivity index (χ1n) is 13.5. The van der Waals surface area contributed by atoms with Crippen molar-refractivity contribution in [2.75, 3.05) is 6.61 Å². The third-order valence-corrected chi connectivity index (χ3v) is 7.93. The molecule has 3 heteroatoms. The van der Waals surface area contributed by atoms with Crippen molar-refractivity contribution in [3.05, 3.63) is 0 Å². The Hall–Kier alpha value is -0.180. The Morgan fingerprint density at radius 3 is 1.70 bits per heavy atom. The van der Waals surface area contributed by atoms with Gasteiger partial charge in [-0.15, -0.1) is 0 Å². The molecular weight excluding hydrogens is 378 g/mol. The van der Waals surface area contributed by atoms with E-state index in [0.29, 0.717) is 6.42 Å². The third-order valence-electron chi connectivity index (χ3n) is 7.93. The number of hydrogen-bond donors (Lipinski definition) is 0. The van der Waals surface area contributed by atoms with Gasteiger partial charge in [-0.2, -0.15) is 0 Å². The van der Waals surface area contributed by atoms with Gasteiger partial charge in [0.05, 0.1) is 12.7 Å². The molecule has 0 aromatic rings. The van der Waals surface area contributed by atoms with Crippen LogP contribution in [0.2, 0.25) is 0 Å². The summed E-state index contributed by atoms with van der Waals surface area (Å²) in [5.74, 6) is 2.80. The van der Waals surface area contributed by atoms with Gasteiger partial charge in [0.25, 0.3) is 0 Å². The van der Waals surface area contributed by atoms with Crippen LogP contribution in [0.4, 0.5) is 8.78 Å². The Morgan fingerprint density at radius 1 is 0.633 bits per heavy atom. The highest BCUT2D eigenvalue weighted by Gasteiger charge is 2.27. The average Bonchev–Trinajstić information content (AvgIpc) is 2.78. The predicted octanol–water partition coefficient (Wildman–Crippen LogP) is 8.99. The second-order valence-corrected chi connectivity index (χ2v) is 10.5. The molecule has 0 aliphatic heterocycles. The van der Waals surface area contributed by atoms with Gasteiger partial charge < -0.3 is 4.74 Å². The van der Waals surface area contributed by atoms with Gasteiger partial charge in [0.2, 0.25) is 0 Å². The zero-order valence-corrected chi connectivity index (χ0v) is 20.1. The molecule has 0 spiro atoms. The van der Waals surface area contributed by atoms with Crippen molar-refractivity contribution < 1.29 is 13.5 Å². The number of halogens is 2. The summed E-state index contributed by atoms with van der Waals surface area (Å²) in [6, 6.07) is 0. The van der Waals surface area contributed by atoms with Crippen LogP contribution in [0.3, 0.4) is 0 Å². The predicted molar refractivity (Wildman–Crippen MR) is 124 cm³/mol. The lowest BCUT2D eigenvalue weighted by Gasteiger charge is -2.32. The van der Waals surface area contributed by atoms with E-state index in [2.05, 4.69) is 13.8 Å². The highest BCUT2D eigenvalue weighted by Crippen LogP contribution is 2.37. The molecule has 0 amide bonds. The lowest BCUT2D eigenvalue weighted by atomic mass is 9.76. The minimum atomic E-state index is -1.45. The minimum absolute atomic E-state index is 0.0515. The van der Waals surface area contributed by atoms with Gasteiger partial charge >= 0.3 is 0 Å². The molecule has 0 saturated heterocycles. The van der Waals surface area contributed by atoms with Gasteiger partial charge in [0.1, 0.15) is 6.17 Å². The maximum atomic E-state index is 14.0. The van der Waals surface area contributed by atoms with E-state index in [9.17, 15) is 8.78 Å². The number of unbranched alkanes of at least 4 members (excludes halogenated alkanes) is 4. The number of ether oxygens (including phenoxy) is 1. The van der Waals surface area contributed by atoms with Gasteiger partial charge in [-0.1, -0.05) is 97.3 Å². The Bertz CT molecular complexity index is 400. The summed E-state index contributed by atoms with van der Waals surface area (Å²) < 4.78 is 33.6. The number of alkyl halides is 2. The second kappa shape index (κ2) is 15.6. The summed E-state index contributed by atoms with van der Waals surface area (Å²) in [6.07, 6.45) is 19.3. The monoisotopic (exact) mass is 428 g/mol. The summed E-state index contributed by atoms with van der Waals surface area (Å²) >= 11 is 0. The van der Waals surface area contributed by atoms with Crippen LogP contribution < -0.4 is 0 Å². The van der Waals surface area contributed by atoms with Crippen LogP contribution in [-0.2, 0) is 4.74 Å². The fraction of sp³-hybridized carbons (Fsp3) is 1.00. The smallest absolute Gasteiger partial charge is 0.154 e. The molecule has 2 aliphatic carbocycles. The van der Waals surface area contributed by atoms with E-state index in [1.165, 1.54) is 77.0 Å². The van der Waals surface area contributed by atoms with Crippen LogP contribution in [-0.4, -0.2) is 25.1 Å². The summed E-state index contributed by atoms with van der Waals surface area (Å²) in [5.41, 5.74) is 0. The van der Waals surface area contributed by atoms with Crippen molar-refractivity contribution >= 4 is 0 Å². The van der Waals surface area contributed by atoms with Crippen LogP contribution in [0.25, 0.3) is 0 Å². The molecule has 2 fully saturated rings. The normalized spacial score (nSPS) is 29.6. The van der Waals surface area contributed by atoms with Crippen molar-refractivity contribution in [1.29, 1.82) is 0 Å². The van der Waals surface area contributed by atoms with E-state index >= 15 is 0 Å². The molecular formula is C27H50F2O. The highest BCUT2D eigenvalue weighted by molar-refractivity contribution is 4.78. The molecule has 0 heterocycles. The molecule has 0 N–H and O–H groups in total. The zero-order valence-electron chi connectivity index (χ0n) is 20.1. The molecule has 1 nitrogen and oxygen atoms in total. The Kier molecular flexibility index (Phi) is 13.6. The van der Waals surface area contributed by atoms with Crippen LogP contribution in [0.5, 0.6) is 0 Å². The largest absolute Gasteiger partial charge is 0.375 e. The summed E-state index contributed by atoms with van der Waals surface area (Å²) in [5, 5.41) is 0. The van der Waals surface area contributed by atoms with Crippen LogP contribution in [0.1, 0.15) is 129 Å². The molecule has 0 aromatic heterocycles. The van der Waals surface area contributed by atoms with E-state index in [4.69, 9.17) is 4.74 Å². The fourth-order valence-electron chi connectivity index (χ4n) is 5.65. The average molecular weight is 429 g/mol. The molecule has 0 bridgehead atoms. The van der Waals surface area contributed by atoms with Gasteiger partial charge in [-0.3, -0.25) is 0 Å². The molecule has 2 saturated carbocycles. The Labute approximate surface area is 186 Å².